The summed E-state index contributed by atoms with van der Waals surface area (Å²) in [6.45, 7) is 3.98. The molecule has 2 atom stereocenters. The van der Waals surface area contributed by atoms with Crippen molar-refractivity contribution in [2.24, 2.45) is 0 Å². The van der Waals surface area contributed by atoms with Gasteiger partial charge in [0.1, 0.15) is 17.4 Å². The third-order valence-corrected chi connectivity index (χ3v) is 5.30. The maximum atomic E-state index is 13.7. The second kappa shape index (κ2) is 11.1. The number of methoxy groups -OCH3 is 1. The number of nitrogens with zero attached hydrogens (tertiary/aromatic N) is 2. The number of aliphatic hydroxyl groups is 2. The number of aliphatic hydroxyl groups excluding tert-OH is 2. The van der Waals surface area contributed by atoms with Gasteiger partial charge in [-0.15, -0.1) is 0 Å². The molecule has 34 heavy (non-hydrogen) atoms. The van der Waals surface area contributed by atoms with Gasteiger partial charge >= 0.3 is 5.97 Å². The Labute approximate surface area is 197 Å². The van der Waals surface area contributed by atoms with Crippen LogP contribution >= 0.6 is 0 Å². The molecule has 3 aromatic rings. The molecule has 1 heterocycles. The number of halogens is 1. The van der Waals surface area contributed by atoms with Crippen LogP contribution < -0.4 is 4.74 Å². The van der Waals surface area contributed by atoms with Crippen LogP contribution in [-0.2, 0) is 4.79 Å². The van der Waals surface area contributed by atoms with E-state index in [1.54, 1.807) is 25.4 Å². The molecule has 0 aliphatic heterocycles. The SMILES string of the molecule is COc1cccc(-c2nc(C(C)C)n(/C=C/C(O)CC(O)CC(=O)O)c2-c2ccc(F)cc2)c1. The summed E-state index contributed by atoms with van der Waals surface area (Å²) in [5.74, 6) is -0.103. The first kappa shape index (κ1) is 25.1. The van der Waals surface area contributed by atoms with Gasteiger partial charge in [0.25, 0.3) is 0 Å². The zero-order valence-corrected chi connectivity index (χ0v) is 19.4. The van der Waals surface area contributed by atoms with Crippen LogP contribution in [-0.4, -0.2) is 50.2 Å². The van der Waals surface area contributed by atoms with Crippen molar-refractivity contribution in [3.63, 3.8) is 0 Å². The number of rotatable bonds is 10. The van der Waals surface area contributed by atoms with Gasteiger partial charge in [0.05, 0.1) is 37.1 Å². The summed E-state index contributed by atoms with van der Waals surface area (Å²) in [6, 6.07) is 13.5. The van der Waals surface area contributed by atoms with E-state index in [9.17, 15) is 19.4 Å². The number of aromatic nitrogens is 2. The van der Waals surface area contributed by atoms with Gasteiger partial charge in [-0.25, -0.2) is 9.37 Å². The van der Waals surface area contributed by atoms with Gasteiger partial charge in [0.2, 0.25) is 0 Å². The van der Waals surface area contributed by atoms with Crippen LogP contribution in [0.25, 0.3) is 28.7 Å². The Morgan fingerprint density at radius 3 is 2.47 bits per heavy atom. The molecule has 7 nitrogen and oxygen atoms in total. The molecule has 3 N–H and O–H groups in total. The lowest BCUT2D eigenvalue weighted by atomic mass is 10.0. The number of carboxylic acids is 1. The number of imidazole rings is 1. The molecule has 0 spiro atoms. The normalized spacial score (nSPS) is 13.4. The highest BCUT2D eigenvalue weighted by atomic mass is 19.1. The first-order chi connectivity index (χ1) is 16.2. The van der Waals surface area contributed by atoms with E-state index >= 15 is 0 Å². The second-order valence-corrected chi connectivity index (χ2v) is 8.33. The number of benzene rings is 2. The van der Waals surface area contributed by atoms with Crippen molar-refractivity contribution < 1.29 is 29.2 Å². The molecule has 0 fully saturated rings. The molecule has 0 amide bonds. The van der Waals surface area contributed by atoms with Crippen LogP contribution in [0.15, 0.2) is 54.6 Å². The first-order valence-electron chi connectivity index (χ1n) is 11.0. The molecule has 0 radical (unpaired) electrons. The number of hydrogen-bond acceptors (Lipinski definition) is 5. The zero-order chi connectivity index (χ0) is 24.8. The standard InChI is InChI=1S/C26H29FN2O5/c1-16(2)26-28-24(18-5-4-6-22(13-18)34-3)25(17-7-9-19(27)10-8-17)29(26)12-11-20(30)14-21(31)15-23(32)33/h4-13,16,20-21,30-31H,14-15H2,1-3H3,(H,32,33)/b12-11+. The molecule has 180 valence electrons. The summed E-state index contributed by atoms with van der Waals surface area (Å²) in [4.78, 5) is 15.7. The van der Waals surface area contributed by atoms with Crippen LogP contribution in [0.5, 0.6) is 5.75 Å². The van der Waals surface area contributed by atoms with Crippen molar-refractivity contribution in [1.82, 2.24) is 9.55 Å². The Morgan fingerprint density at radius 2 is 1.85 bits per heavy atom. The zero-order valence-electron chi connectivity index (χ0n) is 19.4. The summed E-state index contributed by atoms with van der Waals surface area (Å²) in [5.41, 5.74) is 2.90. The monoisotopic (exact) mass is 468 g/mol. The summed E-state index contributed by atoms with van der Waals surface area (Å²) >= 11 is 0. The number of ether oxygens (including phenoxy) is 1. The minimum Gasteiger partial charge on any atom is -0.497 e. The van der Waals surface area contributed by atoms with Crippen LogP contribution in [0.4, 0.5) is 4.39 Å². The van der Waals surface area contributed by atoms with Crippen molar-refractivity contribution in [1.29, 1.82) is 0 Å². The largest absolute Gasteiger partial charge is 0.497 e. The maximum absolute atomic E-state index is 13.7. The first-order valence-corrected chi connectivity index (χ1v) is 11.0. The third kappa shape index (κ3) is 6.09. The lowest BCUT2D eigenvalue weighted by Gasteiger charge is -2.13. The Hall–Kier alpha value is -3.49. The number of aliphatic carboxylic acids is 1. The smallest absolute Gasteiger partial charge is 0.305 e. The van der Waals surface area contributed by atoms with Crippen LogP contribution in [0.3, 0.4) is 0 Å². The Morgan fingerprint density at radius 1 is 1.15 bits per heavy atom. The van der Waals surface area contributed by atoms with Gasteiger partial charge in [-0.3, -0.25) is 4.79 Å². The van der Waals surface area contributed by atoms with E-state index in [-0.39, 0.29) is 18.2 Å². The number of hydrogen-bond donors (Lipinski definition) is 3. The Bertz CT molecular complexity index is 1150. The Balaban J connectivity index is 2.12. The topological polar surface area (TPSA) is 105 Å². The molecule has 2 unspecified atom stereocenters. The van der Waals surface area contributed by atoms with E-state index < -0.39 is 24.6 Å². The fourth-order valence-corrected chi connectivity index (χ4v) is 3.69. The highest BCUT2D eigenvalue weighted by molar-refractivity contribution is 5.81. The average Bonchev–Trinajstić information content (AvgIpc) is 3.17. The van der Waals surface area contributed by atoms with Crippen molar-refractivity contribution in [2.45, 2.75) is 44.8 Å². The molecule has 2 aromatic carbocycles. The van der Waals surface area contributed by atoms with E-state index in [4.69, 9.17) is 14.8 Å². The summed E-state index contributed by atoms with van der Waals surface area (Å²) in [5, 5.41) is 29.0. The van der Waals surface area contributed by atoms with Gasteiger partial charge in [-0.2, -0.15) is 0 Å². The summed E-state index contributed by atoms with van der Waals surface area (Å²) in [6.07, 6.45) is 0.327. The van der Waals surface area contributed by atoms with E-state index in [2.05, 4.69) is 0 Å². The molecule has 0 saturated heterocycles. The van der Waals surface area contributed by atoms with Crippen molar-refractivity contribution >= 4 is 12.2 Å². The molecule has 0 aliphatic rings. The third-order valence-electron chi connectivity index (χ3n) is 5.30. The fraction of sp³-hybridized carbons (Fsp3) is 0.308. The van der Waals surface area contributed by atoms with Gasteiger partial charge in [0, 0.05) is 29.7 Å². The second-order valence-electron chi connectivity index (χ2n) is 8.33. The maximum Gasteiger partial charge on any atom is 0.305 e. The van der Waals surface area contributed by atoms with E-state index in [1.165, 1.54) is 18.2 Å². The molecule has 1 aromatic heterocycles. The summed E-state index contributed by atoms with van der Waals surface area (Å²) < 4.78 is 20.9. The van der Waals surface area contributed by atoms with Crippen LogP contribution in [0, 0.1) is 5.82 Å². The molecular formula is C26H29FN2O5. The predicted octanol–water partition coefficient (Wildman–Crippen LogP) is 4.55. The van der Waals surface area contributed by atoms with E-state index in [0.29, 0.717) is 23.0 Å². The van der Waals surface area contributed by atoms with Crippen molar-refractivity contribution in [2.75, 3.05) is 7.11 Å². The Kier molecular flexibility index (Phi) is 8.20. The summed E-state index contributed by atoms with van der Waals surface area (Å²) in [7, 11) is 1.58. The van der Waals surface area contributed by atoms with Gasteiger partial charge in [-0.05, 0) is 42.5 Å². The van der Waals surface area contributed by atoms with Crippen LogP contribution in [0.2, 0.25) is 0 Å². The molecule has 8 heteroatoms. The lowest BCUT2D eigenvalue weighted by molar-refractivity contribution is -0.139. The van der Waals surface area contributed by atoms with Crippen molar-refractivity contribution in [3.8, 4) is 28.3 Å². The lowest BCUT2D eigenvalue weighted by Crippen LogP contribution is -2.19. The molecule has 0 saturated carbocycles. The highest BCUT2D eigenvalue weighted by Gasteiger charge is 2.22. The number of carboxylic acid groups (broad SMARTS) is 1. The molecule has 0 aliphatic carbocycles. The van der Waals surface area contributed by atoms with E-state index in [0.717, 1.165) is 11.1 Å². The minimum atomic E-state index is -1.17. The quantitative estimate of drug-likeness (QED) is 0.403. The van der Waals surface area contributed by atoms with Gasteiger partial charge in [0.15, 0.2) is 0 Å². The molecule has 0 bridgehead atoms. The molecule has 3 rings (SSSR count). The fourth-order valence-electron chi connectivity index (χ4n) is 3.69. The van der Waals surface area contributed by atoms with Crippen molar-refractivity contribution in [3.05, 3.63) is 66.2 Å². The predicted molar refractivity (Wildman–Crippen MR) is 128 cm³/mol. The highest BCUT2D eigenvalue weighted by Crippen LogP contribution is 2.36. The minimum absolute atomic E-state index is 0.0120. The van der Waals surface area contributed by atoms with Crippen LogP contribution in [0.1, 0.15) is 38.4 Å². The molecular weight excluding hydrogens is 439 g/mol. The van der Waals surface area contributed by atoms with E-state index in [1.807, 2.05) is 42.7 Å². The number of carbonyl (C=O) groups is 1. The van der Waals surface area contributed by atoms with Gasteiger partial charge in [-0.1, -0.05) is 26.0 Å². The van der Waals surface area contributed by atoms with Gasteiger partial charge < -0.3 is 24.6 Å². The average molecular weight is 469 g/mol.